The molecule has 3 aliphatic carbocycles. The Morgan fingerprint density at radius 3 is 1.47 bits per heavy atom. The maximum absolute atomic E-state index is 13.6. The third-order valence-corrected chi connectivity index (χ3v) is 7.58. The largest absolute Gasteiger partial charge is 0.466 e. The maximum Gasteiger partial charge on any atom is 0.333 e. The Labute approximate surface area is 194 Å². The van der Waals surface area contributed by atoms with Gasteiger partial charge in [0.15, 0.2) is 0 Å². The number of rotatable bonds is 3. The van der Waals surface area contributed by atoms with E-state index in [9.17, 15) is 24.0 Å². The summed E-state index contributed by atoms with van der Waals surface area (Å²) in [5.41, 5.74) is 1.06. The number of hydrogen-bond acceptors (Lipinski definition) is 6. The molecule has 2 aromatic carbocycles. The summed E-state index contributed by atoms with van der Waals surface area (Å²) in [5, 5.41) is 0. The molecule has 4 amide bonds. The number of imide groups is 2. The van der Waals surface area contributed by atoms with Crippen LogP contribution in [0.25, 0.3) is 0 Å². The summed E-state index contributed by atoms with van der Waals surface area (Å²) < 4.78 is 4.96. The Kier molecular flexibility index (Phi) is 4.36. The van der Waals surface area contributed by atoms with Gasteiger partial charge >= 0.3 is 5.97 Å². The average molecular weight is 456 g/mol. The van der Waals surface area contributed by atoms with Gasteiger partial charge in [-0.25, -0.2) is 4.79 Å². The van der Waals surface area contributed by atoms with Gasteiger partial charge in [-0.05, 0) is 24.3 Å². The lowest BCUT2D eigenvalue weighted by Gasteiger charge is -2.46. The molecule has 170 valence electrons. The number of allylic oxidation sites excluding steroid dienone is 1. The molecule has 8 nitrogen and oxygen atoms in total. The number of para-hydroxylation sites is 2. The summed E-state index contributed by atoms with van der Waals surface area (Å²) >= 11 is 0. The minimum absolute atomic E-state index is 0.196. The van der Waals surface area contributed by atoms with Crippen LogP contribution >= 0.6 is 0 Å². The van der Waals surface area contributed by atoms with E-state index in [1.165, 1.54) is 7.11 Å². The van der Waals surface area contributed by atoms with Crippen LogP contribution in [-0.4, -0.2) is 36.7 Å². The number of amides is 4. The molecule has 6 atom stereocenters. The highest BCUT2D eigenvalue weighted by Crippen LogP contribution is 2.60. The predicted octanol–water partition coefficient (Wildman–Crippen LogP) is 1.96. The van der Waals surface area contributed by atoms with Crippen molar-refractivity contribution in [1.82, 2.24) is 0 Å². The number of esters is 1. The number of ether oxygens (including phenoxy) is 1. The minimum Gasteiger partial charge on any atom is -0.466 e. The lowest BCUT2D eigenvalue weighted by molar-refractivity contribution is -0.145. The van der Waals surface area contributed by atoms with Crippen LogP contribution < -0.4 is 9.80 Å². The zero-order chi connectivity index (χ0) is 23.7. The normalized spacial score (nSPS) is 31.5. The van der Waals surface area contributed by atoms with E-state index in [1.807, 2.05) is 0 Å². The Morgan fingerprint density at radius 1 is 0.647 bits per heavy atom. The van der Waals surface area contributed by atoms with E-state index in [1.54, 1.807) is 66.7 Å². The van der Waals surface area contributed by atoms with E-state index in [4.69, 9.17) is 4.74 Å². The molecule has 8 heteroatoms. The third-order valence-electron chi connectivity index (χ3n) is 7.58. The molecule has 1 saturated carbocycles. The molecule has 0 spiro atoms. The molecule has 5 aliphatic rings. The van der Waals surface area contributed by atoms with E-state index in [0.717, 1.165) is 9.80 Å². The Hall–Kier alpha value is -4.07. The third kappa shape index (κ3) is 2.50. The van der Waals surface area contributed by atoms with Gasteiger partial charge in [0.2, 0.25) is 23.6 Å². The first-order chi connectivity index (χ1) is 16.5. The van der Waals surface area contributed by atoms with Crippen LogP contribution in [0.4, 0.5) is 11.4 Å². The van der Waals surface area contributed by atoms with Gasteiger partial charge < -0.3 is 4.74 Å². The number of carbonyl (C=O) groups is 5. The molecule has 2 aliphatic heterocycles. The van der Waals surface area contributed by atoms with Gasteiger partial charge in [0, 0.05) is 17.4 Å². The molecular formula is C26H20N2O6. The molecular weight excluding hydrogens is 436 g/mol. The Morgan fingerprint density at radius 2 is 1.06 bits per heavy atom. The van der Waals surface area contributed by atoms with E-state index in [-0.39, 0.29) is 5.57 Å². The second-order valence-electron chi connectivity index (χ2n) is 9.01. The van der Waals surface area contributed by atoms with Crippen molar-refractivity contribution in [3.8, 4) is 0 Å². The highest BCUT2D eigenvalue weighted by Gasteiger charge is 2.71. The smallest absolute Gasteiger partial charge is 0.333 e. The van der Waals surface area contributed by atoms with Gasteiger partial charge in [-0.15, -0.1) is 0 Å². The first-order valence-corrected chi connectivity index (χ1v) is 11.1. The van der Waals surface area contributed by atoms with Gasteiger partial charge in [0.25, 0.3) is 0 Å². The van der Waals surface area contributed by atoms with E-state index in [0.29, 0.717) is 11.4 Å². The van der Waals surface area contributed by atoms with E-state index < -0.39 is 65.1 Å². The van der Waals surface area contributed by atoms with Crippen molar-refractivity contribution in [3.05, 3.63) is 72.3 Å². The number of methoxy groups -OCH3 is 1. The molecule has 7 rings (SSSR count). The fraction of sp³-hybridized carbons (Fsp3) is 0.269. The van der Waals surface area contributed by atoms with Crippen molar-refractivity contribution in [3.63, 3.8) is 0 Å². The van der Waals surface area contributed by atoms with Crippen molar-refractivity contribution in [2.45, 2.75) is 0 Å². The zero-order valence-electron chi connectivity index (χ0n) is 18.2. The predicted molar refractivity (Wildman–Crippen MR) is 119 cm³/mol. The second kappa shape index (κ2) is 7.21. The molecule has 0 radical (unpaired) electrons. The molecule has 2 bridgehead atoms. The van der Waals surface area contributed by atoms with Crippen molar-refractivity contribution < 1.29 is 28.7 Å². The lowest BCUT2D eigenvalue weighted by atomic mass is 9.52. The summed E-state index contributed by atoms with van der Waals surface area (Å²) in [5.74, 6) is -7.52. The van der Waals surface area contributed by atoms with Crippen molar-refractivity contribution >= 4 is 41.0 Å². The molecule has 2 unspecified atom stereocenters. The van der Waals surface area contributed by atoms with Crippen LogP contribution in [0.3, 0.4) is 0 Å². The first-order valence-electron chi connectivity index (χ1n) is 11.1. The molecule has 0 N–H and O–H groups in total. The van der Waals surface area contributed by atoms with Crippen LogP contribution in [0.15, 0.2) is 72.3 Å². The fourth-order valence-electron chi connectivity index (χ4n) is 6.33. The van der Waals surface area contributed by atoms with Crippen LogP contribution in [0.1, 0.15) is 0 Å². The minimum atomic E-state index is -0.914. The summed E-state index contributed by atoms with van der Waals surface area (Å²) in [6, 6.07) is 17.1. The van der Waals surface area contributed by atoms with Crippen LogP contribution in [0, 0.1) is 35.5 Å². The molecule has 2 heterocycles. The maximum atomic E-state index is 13.6. The van der Waals surface area contributed by atoms with E-state index in [2.05, 4.69) is 0 Å². The SMILES string of the molecule is COC(=O)C1=CC2[C@H]3C(=O)N(c4ccccc4)C(=O)[C@@H]3C1[C@@H]1C(=O)N(c3ccccc3)C(=O)[C@@H]21. The van der Waals surface area contributed by atoms with Gasteiger partial charge in [0.05, 0.1) is 42.2 Å². The van der Waals surface area contributed by atoms with Crippen LogP contribution in [0.2, 0.25) is 0 Å². The topological polar surface area (TPSA) is 101 Å². The molecule has 0 aromatic heterocycles. The monoisotopic (exact) mass is 456 g/mol. The standard InChI is InChI=1S/C26H20N2O6/c1-34-26(33)16-12-15-18-20(24(31)27(22(18)29)13-8-4-2-5-9-13)17(16)21-19(15)23(30)28(25(21)32)14-10-6-3-7-11-14/h2-12,15,17-21H,1H3/t15?,17?,18-,19+,20-,21+. The van der Waals surface area contributed by atoms with Gasteiger partial charge in [0.1, 0.15) is 0 Å². The van der Waals surface area contributed by atoms with Crippen LogP contribution in [-0.2, 0) is 28.7 Å². The van der Waals surface area contributed by atoms with Crippen molar-refractivity contribution in [1.29, 1.82) is 0 Å². The van der Waals surface area contributed by atoms with Crippen molar-refractivity contribution in [2.75, 3.05) is 16.9 Å². The first kappa shape index (κ1) is 20.5. The zero-order valence-corrected chi connectivity index (χ0v) is 18.2. The summed E-state index contributed by atoms with van der Waals surface area (Å²) in [6.45, 7) is 0. The highest BCUT2D eigenvalue weighted by molar-refractivity contribution is 6.27. The Bertz CT molecular complexity index is 1200. The van der Waals surface area contributed by atoms with Crippen molar-refractivity contribution in [2.24, 2.45) is 35.5 Å². The van der Waals surface area contributed by atoms with Gasteiger partial charge in [-0.1, -0.05) is 42.5 Å². The molecule has 34 heavy (non-hydrogen) atoms. The lowest BCUT2D eigenvalue weighted by Crippen LogP contribution is -2.53. The quantitative estimate of drug-likeness (QED) is 0.517. The van der Waals surface area contributed by atoms with Crippen LogP contribution in [0.5, 0.6) is 0 Å². The summed E-state index contributed by atoms with van der Waals surface area (Å²) in [7, 11) is 1.23. The second-order valence-corrected chi connectivity index (χ2v) is 9.01. The fourth-order valence-corrected chi connectivity index (χ4v) is 6.33. The van der Waals surface area contributed by atoms with Gasteiger partial charge in [-0.2, -0.15) is 0 Å². The molecule has 3 fully saturated rings. The number of anilines is 2. The number of carbonyl (C=O) groups excluding carboxylic acids is 5. The summed E-state index contributed by atoms with van der Waals surface area (Å²) in [4.78, 5) is 69.4. The summed E-state index contributed by atoms with van der Waals surface area (Å²) in [6.07, 6.45) is 1.60. The van der Waals surface area contributed by atoms with E-state index >= 15 is 0 Å². The Balaban J connectivity index is 1.49. The number of nitrogens with zero attached hydrogens (tertiary/aromatic N) is 2. The molecule has 2 saturated heterocycles. The number of benzene rings is 2. The van der Waals surface area contributed by atoms with Gasteiger partial charge in [-0.3, -0.25) is 29.0 Å². The highest BCUT2D eigenvalue weighted by atomic mass is 16.5. The number of hydrogen-bond donors (Lipinski definition) is 0. The average Bonchev–Trinajstić information content (AvgIpc) is 3.30. The molecule has 2 aromatic rings.